The van der Waals surface area contributed by atoms with Gasteiger partial charge in [0.25, 0.3) is 11.4 Å². The van der Waals surface area contributed by atoms with Gasteiger partial charge in [-0.2, -0.15) is 0 Å². The van der Waals surface area contributed by atoms with Crippen molar-refractivity contribution in [3.63, 3.8) is 0 Å². The Morgan fingerprint density at radius 3 is 2.54 bits per heavy atom. The van der Waals surface area contributed by atoms with Gasteiger partial charge in [0.2, 0.25) is 0 Å². The fourth-order valence-corrected chi connectivity index (χ4v) is 4.18. The van der Waals surface area contributed by atoms with Crippen LogP contribution in [0.15, 0.2) is 48.6 Å². The summed E-state index contributed by atoms with van der Waals surface area (Å²) in [6.45, 7) is 2.27. The number of ether oxygens (including phenoxy) is 1. The second-order valence-corrected chi connectivity index (χ2v) is 6.92. The van der Waals surface area contributed by atoms with E-state index in [1.54, 1.807) is 12.1 Å². The Kier molecular flexibility index (Phi) is 4.46. The van der Waals surface area contributed by atoms with E-state index >= 15 is 0 Å². The van der Waals surface area contributed by atoms with Crippen LogP contribution in [-0.4, -0.2) is 16.5 Å². The number of hydrogen-bond acceptors (Lipinski definition) is 6. The maximum Gasteiger partial charge on any atom is 0.296 e. The molecule has 0 aromatic heterocycles. The summed E-state index contributed by atoms with van der Waals surface area (Å²) in [6.07, 6.45) is 5.00. The Hall–Kier alpha value is -3.42. The second kappa shape index (κ2) is 6.95. The highest BCUT2D eigenvalue weighted by atomic mass is 16.6. The van der Waals surface area contributed by atoms with E-state index in [0.29, 0.717) is 18.0 Å². The molecule has 1 aliphatic heterocycles. The molecule has 0 saturated heterocycles. The monoisotopic (exact) mass is 381 g/mol. The highest BCUT2D eigenvalue weighted by Crippen LogP contribution is 2.53. The summed E-state index contributed by atoms with van der Waals surface area (Å²) < 4.78 is 5.54. The molecule has 2 aromatic rings. The Labute approximate surface area is 161 Å². The summed E-state index contributed by atoms with van der Waals surface area (Å²) in [7, 11) is 0. The van der Waals surface area contributed by atoms with Crippen LogP contribution in [-0.2, 0) is 0 Å². The molecule has 0 unspecified atom stereocenters. The lowest BCUT2D eigenvalue weighted by molar-refractivity contribution is -0.384. The minimum Gasteiger partial charge on any atom is -0.494 e. The number of hydrogen-bond donors (Lipinski definition) is 1. The van der Waals surface area contributed by atoms with E-state index in [0.717, 1.165) is 17.5 Å². The highest BCUT2D eigenvalue weighted by Gasteiger charge is 2.41. The van der Waals surface area contributed by atoms with Gasteiger partial charge in [0.15, 0.2) is 0 Å². The van der Waals surface area contributed by atoms with Gasteiger partial charge in [0.1, 0.15) is 11.4 Å². The number of nitrogens with zero attached hydrogens (tertiary/aromatic N) is 2. The molecule has 1 aliphatic carbocycles. The fraction of sp³-hybridized carbons (Fsp3) is 0.300. The largest absolute Gasteiger partial charge is 0.494 e. The SMILES string of the molecule is CCOc1cc2c(c([N+](=O)[O-])c1)N[C@H](c1ccc([N+](=O)[O-])cc1)[C@@H]1CC=C[C@H]21. The van der Waals surface area contributed by atoms with Crippen LogP contribution in [0.4, 0.5) is 17.1 Å². The van der Waals surface area contributed by atoms with Gasteiger partial charge in [-0.05, 0) is 36.5 Å². The molecule has 1 heterocycles. The summed E-state index contributed by atoms with van der Waals surface area (Å²) in [6, 6.07) is 9.52. The number of nitro groups is 2. The van der Waals surface area contributed by atoms with Crippen LogP contribution >= 0.6 is 0 Å². The first kappa shape index (κ1) is 18.0. The first-order valence-electron chi connectivity index (χ1n) is 9.12. The van der Waals surface area contributed by atoms with Gasteiger partial charge < -0.3 is 10.1 Å². The van der Waals surface area contributed by atoms with Crippen molar-refractivity contribution in [2.75, 3.05) is 11.9 Å². The van der Waals surface area contributed by atoms with Crippen molar-refractivity contribution in [2.45, 2.75) is 25.3 Å². The van der Waals surface area contributed by atoms with Gasteiger partial charge in [-0.1, -0.05) is 24.3 Å². The van der Waals surface area contributed by atoms with Crippen molar-refractivity contribution in [2.24, 2.45) is 5.92 Å². The molecule has 0 amide bonds. The number of nitro benzene ring substituents is 2. The molecular weight excluding hydrogens is 362 g/mol. The number of benzene rings is 2. The molecule has 2 aromatic carbocycles. The standard InChI is InChI=1S/C20H19N3O5/c1-2-28-14-10-17-15-4-3-5-16(15)19(21-20(17)18(11-14)23(26)27)12-6-8-13(9-7-12)22(24)25/h3-4,6-11,15-16,19,21H,2,5H2,1H3/t15-,16+,19+/m0/s1. The van der Waals surface area contributed by atoms with E-state index in [2.05, 4.69) is 17.5 Å². The highest BCUT2D eigenvalue weighted by molar-refractivity contribution is 5.73. The average molecular weight is 381 g/mol. The van der Waals surface area contributed by atoms with Gasteiger partial charge in [0.05, 0.1) is 28.6 Å². The summed E-state index contributed by atoms with van der Waals surface area (Å²) in [5.41, 5.74) is 2.22. The molecule has 2 aliphatic rings. The van der Waals surface area contributed by atoms with Gasteiger partial charge >= 0.3 is 0 Å². The van der Waals surface area contributed by atoms with Gasteiger partial charge in [-0.25, -0.2) is 0 Å². The second-order valence-electron chi connectivity index (χ2n) is 6.92. The number of anilines is 1. The zero-order chi connectivity index (χ0) is 19.8. The Morgan fingerprint density at radius 1 is 1.14 bits per heavy atom. The molecule has 144 valence electrons. The lowest BCUT2D eigenvalue weighted by Gasteiger charge is -2.37. The minimum atomic E-state index is -0.437. The summed E-state index contributed by atoms with van der Waals surface area (Å²) in [5.74, 6) is 0.684. The zero-order valence-electron chi connectivity index (χ0n) is 15.2. The Morgan fingerprint density at radius 2 is 1.89 bits per heavy atom. The average Bonchev–Trinajstić information content (AvgIpc) is 3.17. The number of allylic oxidation sites excluding steroid dienone is 2. The van der Waals surface area contributed by atoms with Crippen molar-refractivity contribution >= 4 is 17.1 Å². The maximum atomic E-state index is 11.7. The normalized spacial score (nSPS) is 22.1. The van der Waals surface area contributed by atoms with Crippen LogP contribution in [0.5, 0.6) is 5.75 Å². The van der Waals surface area contributed by atoms with E-state index in [1.807, 2.05) is 13.0 Å². The van der Waals surface area contributed by atoms with E-state index in [1.165, 1.54) is 18.2 Å². The third-order valence-corrected chi connectivity index (χ3v) is 5.39. The summed E-state index contributed by atoms with van der Waals surface area (Å²) in [4.78, 5) is 21.8. The van der Waals surface area contributed by atoms with Gasteiger partial charge in [-0.15, -0.1) is 0 Å². The maximum absolute atomic E-state index is 11.7. The van der Waals surface area contributed by atoms with Crippen molar-refractivity contribution in [3.05, 3.63) is 79.9 Å². The van der Waals surface area contributed by atoms with Gasteiger partial charge in [0, 0.05) is 18.1 Å². The lowest BCUT2D eigenvalue weighted by Crippen LogP contribution is -2.29. The molecule has 0 radical (unpaired) electrons. The Balaban J connectivity index is 1.79. The Bertz CT molecular complexity index is 971. The number of nitrogens with one attached hydrogen (secondary N) is 1. The molecule has 0 spiro atoms. The van der Waals surface area contributed by atoms with Crippen molar-refractivity contribution in [1.29, 1.82) is 0 Å². The van der Waals surface area contributed by atoms with Crippen LogP contribution in [0.2, 0.25) is 0 Å². The fourth-order valence-electron chi connectivity index (χ4n) is 4.18. The third kappa shape index (κ3) is 2.96. The van der Waals surface area contributed by atoms with Gasteiger partial charge in [-0.3, -0.25) is 20.2 Å². The molecule has 4 rings (SSSR count). The van der Waals surface area contributed by atoms with Crippen LogP contribution in [0.3, 0.4) is 0 Å². The lowest BCUT2D eigenvalue weighted by atomic mass is 9.76. The summed E-state index contributed by atoms with van der Waals surface area (Å²) >= 11 is 0. The quantitative estimate of drug-likeness (QED) is 0.456. The predicted molar refractivity (Wildman–Crippen MR) is 104 cm³/mol. The van der Waals surface area contributed by atoms with Crippen LogP contribution in [0.1, 0.15) is 36.4 Å². The van der Waals surface area contributed by atoms with E-state index in [9.17, 15) is 20.2 Å². The predicted octanol–water partition coefficient (Wildman–Crippen LogP) is 4.73. The molecule has 3 atom stereocenters. The molecule has 28 heavy (non-hydrogen) atoms. The molecule has 1 N–H and O–H groups in total. The molecule has 0 fully saturated rings. The van der Waals surface area contributed by atoms with E-state index < -0.39 is 9.85 Å². The number of rotatable bonds is 5. The third-order valence-electron chi connectivity index (χ3n) is 5.39. The zero-order valence-corrected chi connectivity index (χ0v) is 15.2. The van der Waals surface area contributed by atoms with Crippen molar-refractivity contribution < 1.29 is 14.6 Å². The topological polar surface area (TPSA) is 108 Å². The van der Waals surface area contributed by atoms with Crippen LogP contribution in [0, 0.1) is 26.1 Å². The first-order valence-corrected chi connectivity index (χ1v) is 9.12. The van der Waals surface area contributed by atoms with Crippen molar-refractivity contribution in [3.8, 4) is 5.75 Å². The number of non-ortho nitro benzene ring substituents is 1. The minimum absolute atomic E-state index is 0.0217. The number of fused-ring (bicyclic) bond motifs is 3. The molecule has 0 bridgehead atoms. The molecule has 0 saturated carbocycles. The smallest absolute Gasteiger partial charge is 0.296 e. The van der Waals surface area contributed by atoms with E-state index in [4.69, 9.17) is 4.74 Å². The first-order chi connectivity index (χ1) is 13.5. The molecule has 8 heteroatoms. The molecule has 8 nitrogen and oxygen atoms in total. The molecular formula is C20H19N3O5. The van der Waals surface area contributed by atoms with E-state index in [-0.39, 0.29) is 29.3 Å². The van der Waals surface area contributed by atoms with Crippen LogP contribution in [0.25, 0.3) is 0 Å². The van der Waals surface area contributed by atoms with Crippen molar-refractivity contribution in [1.82, 2.24) is 0 Å². The van der Waals surface area contributed by atoms with Crippen LogP contribution < -0.4 is 10.1 Å². The summed E-state index contributed by atoms with van der Waals surface area (Å²) in [5, 5.41) is 26.0.